The second kappa shape index (κ2) is 9.57. The van der Waals surface area contributed by atoms with Gasteiger partial charge in [-0.2, -0.15) is 0 Å². The molecule has 7 nitrogen and oxygen atoms in total. The Morgan fingerprint density at radius 3 is 2.29 bits per heavy atom. The fourth-order valence-electron chi connectivity index (χ4n) is 2.54. The minimum Gasteiger partial charge on any atom is -0.495 e. The maximum absolute atomic E-state index is 12.6. The van der Waals surface area contributed by atoms with Crippen molar-refractivity contribution in [2.24, 2.45) is 0 Å². The third kappa shape index (κ3) is 5.46. The summed E-state index contributed by atoms with van der Waals surface area (Å²) in [6.07, 6.45) is 0. The number of ether oxygens (including phenoxy) is 2. The van der Waals surface area contributed by atoms with Gasteiger partial charge < -0.3 is 14.8 Å². The SMILES string of the molecule is CCOc1ccc(C(=O)NCCNS(=O)(=O)c2cc(C)c(C)cc2OC)cc1. The monoisotopic (exact) mass is 406 g/mol. The fourth-order valence-corrected chi connectivity index (χ4v) is 3.81. The predicted octanol–water partition coefficient (Wildman–Crippen LogP) is 2.42. The predicted molar refractivity (Wildman–Crippen MR) is 108 cm³/mol. The van der Waals surface area contributed by atoms with Gasteiger partial charge in [-0.1, -0.05) is 0 Å². The van der Waals surface area contributed by atoms with Crippen LogP contribution in [0.4, 0.5) is 0 Å². The number of aryl methyl sites for hydroxylation is 2. The van der Waals surface area contributed by atoms with Gasteiger partial charge in [-0.25, -0.2) is 13.1 Å². The Morgan fingerprint density at radius 2 is 1.68 bits per heavy atom. The largest absolute Gasteiger partial charge is 0.495 e. The van der Waals surface area contributed by atoms with Crippen molar-refractivity contribution in [2.45, 2.75) is 25.7 Å². The van der Waals surface area contributed by atoms with Crippen molar-refractivity contribution in [3.63, 3.8) is 0 Å². The molecule has 28 heavy (non-hydrogen) atoms. The standard InChI is InChI=1S/C20H26N2O5S/c1-5-27-17-8-6-16(7-9-17)20(23)21-10-11-22-28(24,25)19-13-15(3)14(2)12-18(19)26-4/h6-9,12-13,22H,5,10-11H2,1-4H3,(H,21,23). The number of methoxy groups -OCH3 is 1. The van der Waals surface area contributed by atoms with Crippen molar-refractivity contribution in [1.82, 2.24) is 10.0 Å². The molecule has 0 atom stereocenters. The Kier molecular flexibility index (Phi) is 7.42. The highest BCUT2D eigenvalue weighted by Gasteiger charge is 2.20. The Morgan fingerprint density at radius 1 is 1.04 bits per heavy atom. The van der Waals surface area contributed by atoms with Crippen molar-refractivity contribution in [2.75, 3.05) is 26.8 Å². The lowest BCUT2D eigenvalue weighted by atomic mass is 10.1. The van der Waals surface area contributed by atoms with Gasteiger partial charge in [0.05, 0.1) is 13.7 Å². The molecule has 0 aliphatic rings. The van der Waals surface area contributed by atoms with Crippen LogP contribution in [0.3, 0.4) is 0 Å². The van der Waals surface area contributed by atoms with Crippen LogP contribution in [0.1, 0.15) is 28.4 Å². The Labute approximate surface area is 166 Å². The molecule has 0 spiro atoms. The molecule has 8 heteroatoms. The number of hydrogen-bond acceptors (Lipinski definition) is 5. The summed E-state index contributed by atoms with van der Waals surface area (Å²) in [7, 11) is -2.33. The summed E-state index contributed by atoms with van der Waals surface area (Å²) in [4.78, 5) is 12.2. The Hall–Kier alpha value is -2.58. The van der Waals surface area contributed by atoms with Crippen LogP contribution in [-0.2, 0) is 10.0 Å². The van der Waals surface area contributed by atoms with Crippen molar-refractivity contribution < 1.29 is 22.7 Å². The van der Waals surface area contributed by atoms with Crippen LogP contribution in [0, 0.1) is 13.8 Å². The molecule has 2 rings (SSSR count). The number of rotatable bonds is 9. The first-order valence-electron chi connectivity index (χ1n) is 8.94. The van der Waals surface area contributed by atoms with Crippen molar-refractivity contribution in [3.8, 4) is 11.5 Å². The van der Waals surface area contributed by atoms with Gasteiger partial charge in [-0.3, -0.25) is 4.79 Å². The van der Waals surface area contributed by atoms with E-state index in [0.29, 0.717) is 17.9 Å². The number of carbonyl (C=O) groups is 1. The molecule has 2 aromatic carbocycles. The van der Waals surface area contributed by atoms with Crippen molar-refractivity contribution >= 4 is 15.9 Å². The van der Waals surface area contributed by atoms with E-state index in [0.717, 1.165) is 11.1 Å². The second-order valence-electron chi connectivity index (χ2n) is 6.20. The van der Waals surface area contributed by atoms with Gasteiger partial charge in [-0.05, 0) is 68.3 Å². The molecule has 0 saturated carbocycles. The zero-order chi connectivity index (χ0) is 20.7. The molecule has 0 aromatic heterocycles. The molecular formula is C20H26N2O5S. The minimum absolute atomic E-state index is 0.0567. The van der Waals surface area contributed by atoms with Gasteiger partial charge in [-0.15, -0.1) is 0 Å². The fraction of sp³-hybridized carbons (Fsp3) is 0.350. The van der Waals surface area contributed by atoms with Gasteiger partial charge in [0.25, 0.3) is 5.91 Å². The molecule has 0 fully saturated rings. The van der Waals surface area contributed by atoms with Crippen LogP contribution in [0.25, 0.3) is 0 Å². The first-order chi connectivity index (χ1) is 13.3. The van der Waals surface area contributed by atoms with E-state index in [1.165, 1.54) is 7.11 Å². The average molecular weight is 407 g/mol. The van der Waals surface area contributed by atoms with E-state index < -0.39 is 10.0 Å². The van der Waals surface area contributed by atoms with Crippen molar-refractivity contribution in [3.05, 3.63) is 53.1 Å². The molecule has 0 unspecified atom stereocenters. The third-order valence-corrected chi connectivity index (χ3v) is 5.68. The number of hydrogen-bond donors (Lipinski definition) is 2. The van der Waals surface area contributed by atoms with E-state index in [1.807, 2.05) is 20.8 Å². The summed E-state index contributed by atoms with van der Waals surface area (Å²) in [5.74, 6) is 0.689. The first-order valence-corrected chi connectivity index (χ1v) is 10.4. The highest BCUT2D eigenvalue weighted by molar-refractivity contribution is 7.89. The van der Waals surface area contributed by atoms with E-state index in [4.69, 9.17) is 9.47 Å². The number of sulfonamides is 1. The number of amides is 1. The minimum atomic E-state index is -3.76. The number of carbonyl (C=O) groups excluding carboxylic acids is 1. The van der Waals surface area contributed by atoms with Crippen LogP contribution in [0.5, 0.6) is 11.5 Å². The maximum atomic E-state index is 12.6. The van der Waals surface area contributed by atoms with Gasteiger partial charge in [0.1, 0.15) is 16.4 Å². The normalized spacial score (nSPS) is 11.1. The summed E-state index contributed by atoms with van der Waals surface area (Å²) in [5.41, 5.74) is 2.27. The van der Waals surface area contributed by atoms with Gasteiger partial charge >= 0.3 is 0 Å². The van der Waals surface area contributed by atoms with Crippen LogP contribution < -0.4 is 19.5 Å². The van der Waals surface area contributed by atoms with E-state index in [-0.39, 0.29) is 29.6 Å². The van der Waals surface area contributed by atoms with E-state index in [1.54, 1.807) is 36.4 Å². The highest BCUT2D eigenvalue weighted by atomic mass is 32.2. The molecule has 152 valence electrons. The number of benzene rings is 2. The molecule has 0 aliphatic heterocycles. The summed E-state index contributed by atoms with van der Waals surface area (Å²) >= 11 is 0. The van der Waals surface area contributed by atoms with Crippen LogP contribution in [0.15, 0.2) is 41.3 Å². The number of nitrogens with one attached hydrogen (secondary N) is 2. The van der Waals surface area contributed by atoms with E-state index in [2.05, 4.69) is 10.0 Å². The molecule has 2 aromatic rings. The second-order valence-corrected chi connectivity index (χ2v) is 7.93. The molecular weight excluding hydrogens is 380 g/mol. The van der Waals surface area contributed by atoms with Gasteiger partial charge in [0, 0.05) is 18.7 Å². The van der Waals surface area contributed by atoms with Gasteiger partial charge in [0.2, 0.25) is 10.0 Å². The molecule has 0 radical (unpaired) electrons. The first kappa shape index (κ1) is 21.7. The average Bonchev–Trinajstić information content (AvgIpc) is 2.67. The topological polar surface area (TPSA) is 93.7 Å². The Bertz CT molecular complexity index is 924. The van der Waals surface area contributed by atoms with Crippen LogP contribution in [0.2, 0.25) is 0 Å². The Balaban J connectivity index is 1.93. The summed E-state index contributed by atoms with van der Waals surface area (Å²) in [6.45, 7) is 6.37. The highest BCUT2D eigenvalue weighted by Crippen LogP contribution is 2.27. The molecule has 2 N–H and O–H groups in total. The lowest BCUT2D eigenvalue weighted by molar-refractivity contribution is 0.0954. The smallest absolute Gasteiger partial charge is 0.251 e. The zero-order valence-corrected chi connectivity index (χ0v) is 17.4. The third-order valence-electron chi connectivity index (χ3n) is 4.20. The van der Waals surface area contributed by atoms with Crippen LogP contribution >= 0.6 is 0 Å². The quantitative estimate of drug-likeness (QED) is 0.624. The van der Waals surface area contributed by atoms with Gasteiger partial charge in [0.15, 0.2) is 0 Å². The molecule has 0 bridgehead atoms. The summed E-state index contributed by atoms with van der Waals surface area (Å²) < 4.78 is 38.2. The summed E-state index contributed by atoms with van der Waals surface area (Å²) in [5, 5.41) is 2.69. The maximum Gasteiger partial charge on any atom is 0.251 e. The molecule has 1 amide bonds. The van der Waals surface area contributed by atoms with Crippen molar-refractivity contribution in [1.29, 1.82) is 0 Å². The summed E-state index contributed by atoms with van der Waals surface area (Å²) in [6, 6.07) is 10.0. The van der Waals surface area contributed by atoms with Crippen LogP contribution in [-0.4, -0.2) is 41.1 Å². The lowest BCUT2D eigenvalue weighted by Crippen LogP contribution is -2.34. The van der Waals surface area contributed by atoms with E-state index >= 15 is 0 Å². The van der Waals surface area contributed by atoms with E-state index in [9.17, 15) is 13.2 Å². The molecule has 0 heterocycles. The lowest BCUT2D eigenvalue weighted by Gasteiger charge is -2.13. The molecule has 0 aliphatic carbocycles. The zero-order valence-electron chi connectivity index (χ0n) is 16.5. The molecule has 0 saturated heterocycles.